The van der Waals surface area contributed by atoms with Crippen LogP contribution in [0.5, 0.6) is 11.5 Å². The SMILES string of the molecule is Cc1ccc(NC(=O)N(CCCNC(=O)CC(C)C)c2ccc(Oc3ccccc3)cc2)cc1. The second-order valence-corrected chi connectivity index (χ2v) is 8.66. The van der Waals surface area contributed by atoms with E-state index in [1.807, 2.05) is 99.6 Å². The van der Waals surface area contributed by atoms with Crippen LogP contribution in [0.2, 0.25) is 0 Å². The summed E-state index contributed by atoms with van der Waals surface area (Å²) in [5.41, 5.74) is 2.61. The van der Waals surface area contributed by atoms with Crippen molar-refractivity contribution in [3.05, 3.63) is 84.4 Å². The van der Waals surface area contributed by atoms with E-state index in [0.29, 0.717) is 37.6 Å². The van der Waals surface area contributed by atoms with Crippen LogP contribution in [0.4, 0.5) is 16.2 Å². The summed E-state index contributed by atoms with van der Waals surface area (Å²) in [5, 5.41) is 5.90. The second-order valence-electron chi connectivity index (χ2n) is 8.66. The predicted molar refractivity (Wildman–Crippen MR) is 138 cm³/mol. The maximum absolute atomic E-state index is 13.1. The lowest BCUT2D eigenvalue weighted by molar-refractivity contribution is -0.121. The quantitative estimate of drug-likeness (QED) is 0.346. The standard InChI is InChI=1S/C28H33N3O3/c1-21(2)20-27(32)29-18-7-19-31(28(33)30-23-12-10-22(3)11-13-23)24-14-16-26(17-15-24)34-25-8-5-4-6-9-25/h4-6,8-17,21H,7,18-20H2,1-3H3,(H,29,32)(H,30,33). The number of carbonyl (C=O) groups excluding carboxylic acids is 2. The molecule has 0 bridgehead atoms. The van der Waals surface area contributed by atoms with Gasteiger partial charge in [-0.05, 0) is 67.8 Å². The van der Waals surface area contributed by atoms with Crippen LogP contribution in [0.1, 0.15) is 32.3 Å². The van der Waals surface area contributed by atoms with Crippen molar-refractivity contribution in [1.29, 1.82) is 0 Å². The van der Waals surface area contributed by atoms with Gasteiger partial charge in [0.2, 0.25) is 5.91 Å². The number of urea groups is 1. The highest BCUT2D eigenvalue weighted by molar-refractivity contribution is 6.01. The molecule has 0 saturated carbocycles. The van der Waals surface area contributed by atoms with Crippen LogP contribution >= 0.6 is 0 Å². The molecule has 0 saturated heterocycles. The number of anilines is 2. The molecule has 0 unspecified atom stereocenters. The van der Waals surface area contributed by atoms with Gasteiger partial charge < -0.3 is 15.4 Å². The molecule has 0 fully saturated rings. The maximum Gasteiger partial charge on any atom is 0.326 e. The van der Waals surface area contributed by atoms with E-state index in [9.17, 15) is 9.59 Å². The number of hydrogen-bond donors (Lipinski definition) is 2. The predicted octanol–water partition coefficient (Wildman–Crippen LogP) is 6.38. The molecule has 0 aliphatic carbocycles. The van der Waals surface area contributed by atoms with E-state index in [4.69, 9.17) is 4.74 Å². The molecular formula is C28H33N3O3. The Labute approximate surface area is 201 Å². The van der Waals surface area contributed by atoms with Crippen LogP contribution in [0.15, 0.2) is 78.9 Å². The monoisotopic (exact) mass is 459 g/mol. The molecule has 3 aromatic carbocycles. The Morgan fingerprint density at radius 3 is 2.18 bits per heavy atom. The molecule has 0 heterocycles. The average molecular weight is 460 g/mol. The number of ether oxygens (including phenoxy) is 1. The van der Waals surface area contributed by atoms with Crippen LogP contribution < -0.4 is 20.3 Å². The van der Waals surface area contributed by atoms with Gasteiger partial charge in [-0.1, -0.05) is 49.7 Å². The van der Waals surface area contributed by atoms with Crippen molar-refractivity contribution in [3.63, 3.8) is 0 Å². The van der Waals surface area contributed by atoms with Crippen molar-refractivity contribution >= 4 is 23.3 Å². The normalized spacial score (nSPS) is 10.6. The largest absolute Gasteiger partial charge is 0.457 e. The average Bonchev–Trinajstić information content (AvgIpc) is 2.81. The van der Waals surface area contributed by atoms with Crippen molar-refractivity contribution in [2.45, 2.75) is 33.6 Å². The molecule has 3 aromatic rings. The van der Waals surface area contributed by atoms with Crippen molar-refractivity contribution in [2.75, 3.05) is 23.3 Å². The molecular weight excluding hydrogens is 426 g/mol. The number of nitrogens with zero attached hydrogens (tertiary/aromatic N) is 1. The zero-order valence-corrected chi connectivity index (χ0v) is 20.1. The number of carbonyl (C=O) groups is 2. The Bertz CT molecular complexity index is 1050. The zero-order chi connectivity index (χ0) is 24.3. The van der Waals surface area contributed by atoms with Crippen LogP contribution in [0.25, 0.3) is 0 Å². The first-order valence-electron chi connectivity index (χ1n) is 11.7. The minimum atomic E-state index is -0.228. The van der Waals surface area contributed by atoms with Crippen LogP contribution in [0, 0.1) is 12.8 Å². The Kier molecular flexibility index (Phi) is 9.09. The third-order valence-corrected chi connectivity index (χ3v) is 5.15. The highest BCUT2D eigenvalue weighted by Gasteiger charge is 2.16. The Morgan fingerprint density at radius 2 is 1.53 bits per heavy atom. The van der Waals surface area contributed by atoms with Gasteiger partial charge in [-0.3, -0.25) is 9.69 Å². The summed E-state index contributed by atoms with van der Waals surface area (Å²) in [7, 11) is 0. The van der Waals surface area contributed by atoms with Crippen molar-refractivity contribution in [3.8, 4) is 11.5 Å². The van der Waals surface area contributed by atoms with E-state index in [0.717, 1.165) is 22.7 Å². The fraction of sp³-hybridized carbons (Fsp3) is 0.286. The number of aryl methyl sites for hydroxylation is 1. The fourth-order valence-electron chi connectivity index (χ4n) is 3.40. The smallest absolute Gasteiger partial charge is 0.326 e. The van der Waals surface area contributed by atoms with Crippen molar-refractivity contribution < 1.29 is 14.3 Å². The molecule has 0 atom stereocenters. The van der Waals surface area contributed by atoms with Gasteiger partial charge in [0.15, 0.2) is 0 Å². The van der Waals surface area contributed by atoms with Gasteiger partial charge in [-0.25, -0.2) is 4.79 Å². The lowest BCUT2D eigenvalue weighted by Gasteiger charge is -2.24. The third kappa shape index (κ3) is 7.96. The van der Waals surface area contributed by atoms with E-state index in [-0.39, 0.29) is 11.9 Å². The number of nitrogens with one attached hydrogen (secondary N) is 2. The second kappa shape index (κ2) is 12.4. The Hall–Kier alpha value is -3.80. The Balaban J connectivity index is 1.67. The first-order chi connectivity index (χ1) is 16.4. The molecule has 178 valence electrons. The molecule has 6 heteroatoms. The van der Waals surface area contributed by atoms with Crippen LogP contribution in [-0.2, 0) is 4.79 Å². The molecule has 0 spiro atoms. The number of hydrogen-bond acceptors (Lipinski definition) is 3. The molecule has 3 rings (SSSR count). The maximum atomic E-state index is 13.1. The third-order valence-electron chi connectivity index (χ3n) is 5.15. The number of benzene rings is 3. The minimum absolute atomic E-state index is 0.0353. The van der Waals surface area contributed by atoms with Crippen LogP contribution in [0.3, 0.4) is 0 Å². The summed E-state index contributed by atoms with van der Waals surface area (Å²) >= 11 is 0. The molecule has 34 heavy (non-hydrogen) atoms. The van der Waals surface area contributed by atoms with Crippen LogP contribution in [-0.4, -0.2) is 25.0 Å². The molecule has 0 aliphatic heterocycles. The molecule has 0 aliphatic rings. The first kappa shape index (κ1) is 24.8. The van der Waals surface area contributed by atoms with Crippen molar-refractivity contribution in [2.24, 2.45) is 5.92 Å². The lowest BCUT2D eigenvalue weighted by Crippen LogP contribution is -2.37. The van der Waals surface area contributed by atoms with Crippen molar-refractivity contribution in [1.82, 2.24) is 5.32 Å². The summed E-state index contributed by atoms with van der Waals surface area (Å²) in [6.07, 6.45) is 1.13. The van der Waals surface area contributed by atoms with E-state index >= 15 is 0 Å². The van der Waals surface area contributed by atoms with E-state index < -0.39 is 0 Å². The lowest BCUT2D eigenvalue weighted by atomic mass is 10.1. The highest BCUT2D eigenvalue weighted by atomic mass is 16.5. The van der Waals surface area contributed by atoms with Gasteiger partial charge in [0.25, 0.3) is 0 Å². The topological polar surface area (TPSA) is 70.7 Å². The van der Waals surface area contributed by atoms with Gasteiger partial charge in [-0.15, -0.1) is 0 Å². The highest BCUT2D eigenvalue weighted by Crippen LogP contribution is 2.25. The fourth-order valence-corrected chi connectivity index (χ4v) is 3.40. The molecule has 0 radical (unpaired) electrons. The van der Waals surface area contributed by atoms with E-state index in [1.165, 1.54) is 0 Å². The van der Waals surface area contributed by atoms with Gasteiger partial charge in [0.1, 0.15) is 11.5 Å². The van der Waals surface area contributed by atoms with Gasteiger partial charge >= 0.3 is 6.03 Å². The van der Waals surface area contributed by atoms with Gasteiger partial charge in [0.05, 0.1) is 0 Å². The number of rotatable bonds is 10. The summed E-state index contributed by atoms with van der Waals surface area (Å²) in [6.45, 7) is 7.00. The Morgan fingerprint density at radius 1 is 0.882 bits per heavy atom. The molecule has 3 amide bonds. The minimum Gasteiger partial charge on any atom is -0.457 e. The number of amides is 3. The summed E-state index contributed by atoms with van der Waals surface area (Å²) in [6, 6.07) is 24.4. The molecule has 0 aromatic heterocycles. The number of para-hydroxylation sites is 1. The summed E-state index contributed by atoms with van der Waals surface area (Å²) in [4.78, 5) is 26.8. The van der Waals surface area contributed by atoms with Gasteiger partial charge in [-0.2, -0.15) is 0 Å². The zero-order valence-electron chi connectivity index (χ0n) is 20.1. The summed E-state index contributed by atoms with van der Waals surface area (Å²) < 4.78 is 5.87. The first-order valence-corrected chi connectivity index (χ1v) is 11.7. The molecule has 6 nitrogen and oxygen atoms in total. The van der Waals surface area contributed by atoms with E-state index in [1.54, 1.807) is 4.90 Å². The molecule has 2 N–H and O–H groups in total. The van der Waals surface area contributed by atoms with Gasteiger partial charge in [0, 0.05) is 30.9 Å². The van der Waals surface area contributed by atoms with E-state index in [2.05, 4.69) is 10.6 Å². The summed E-state index contributed by atoms with van der Waals surface area (Å²) in [5.74, 6) is 1.79.